The zero-order valence-corrected chi connectivity index (χ0v) is 12.7. The lowest BCUT2D eigenvalue weighted by Crippen LogP contribution is -2.57. The van der Waals surface area contributed by atoms with Crippen LogP contribution in [0.1, 0.15) is 51.9 Å². The van der Waals surface area contributed by atoms with Gasteiger partial charge in [-0.15, -0.1) is 0 Å². The third-order valence-corrected chi connectivity index (χ3v) is 6.75. The normalized spacial score (nSPS) is 50.5. The second-order valence-electron chi connectivity index (χ2n) is 8.38. The molecule has 2 atom stereocenters. The van der Waals surface area contributed by atoms with E-state index in [-0.39, 0.29) is 11.5 Å². The fraction of sp³-hybridized carbons (Fsp3) is 0.941. The summed E-state index contributed by atoms with van der Waals surface area (Å²) in [6, 6.07) is 0.287. The third-order valence-electron chi connectivity index (χ3n) is 6.75. The maximum absolute atomic E-state index is 13.2. The topological polar surface area (TPSA) is 46.3 Å². The van der Waals surface area contributed by atoms with Crippen LogP contribution in [0, 0.1) is 29.1 Å². The molecule has 3 heteroatoms. The van der Waals surface area contributed by atoms with Crippen LogP contribution in [0.2, 0.25) is 0 Å². The van der Waals surface area contributed by atoms with Crippen molar-refractivity contribution in [1.29, 1.82) is 0 Å². The van der Waals surface area contributed by atoms with E-state index < -0.39 is 0 Å². The molecule has 4 bridgehead atoms. The molecule has 0 aromatic carbocycles. The Labute approximate surface area is 122 Å². The standard InChI is InChI=1S/C17H28N2O/c1-11-10-19(3-2-15(11)18)16(20)17-7-12-4-13(8-17)6-14(5-12)9-17/h11-15H,2-10,18H2,1H3. The molecule has 3 nitrogen and oxygen atoms in total. The Morgan fingerprint density at radius 1 is 1.10 bits per heavy atom. The van der Waals surface area contributed by atoms with Crippen LogP contribution in [-0.4, -0.2) is 29.9 Å². The van der Waals surface area contributed by atoms with Crippen LogP contribution in [0.15, 0.2) is 0 Å². The van der Waals surface area contributed by atoms with Crippen molar-refractivity contribution in [2.24, 2.45) is 34.8 Å². The molecule has 112 valence electrons. The Kier molecular flexibility index (Phi) is 2.93. The number of likely N-dealkylation sites (tertiary alicyclic amines) is 1. The second kappa shape index (κ2) is 4.46. The van der Waals surface area contributed by atoms with Gasteiger partial charge in [0.15, 0.2) is 0 Å². The number of hydrogen-bond acceptors (Lipinski definition) is 2. The fourth-order valence-corrected chi connectivity index (χ4v) is 6.06. The van der Waals surface area contributed by atoms with Gasteiger partial charge in [-0.3, -0.25) is 4.79 Å². The van der Waals surface area contributed by atoms with E-state index in [4.69, 9.17) is 5.73 Å². The number of amides is 1. The Bertz CT molecular complexity index is 384. The smallest absolute Gasteiger partial charge is 0.228 e. The molecule has 0 aromatic heterocycles. The van der Waals surface area contributed by atoms with Gasteiger partial charge in [-0.1, -0.05) is 6.92 Å². The second-order valence-corrected chi connectivity index (χ2v) is 8.38. The van der Waals surface area contributed by atoms with E-state index in [9.17, 15) is 4.79 Å². The molecular formula is C17H28N2O. The van der Waals surface area contributed by atoms with Gasteiger partial charge in [-0.05, 0) is 68.6 Å². The van der Waals surface area contributed by atoms with Crippen molar-refractivity contribution >= 4 is 5.91 Å². The highest BCUT2D eigenvalue weighted by atomic mass is 16.2. The average molecular weight is 276 g/mol. The van der Waals surface area contributed by atoms with E-state index in [1.165, 1.54) is 38.5 Å². The molecule has 0 spiro atoms. The van der Waals surface area contributed by atoms with Gasteiger partial charge in [0.1, 0.15) is 0 Å². The fourth-order valence-electron chi connectivity index (χ4n) is 6.06. The molecule has 2 unspecified atom stereocenters. The minimum Gasteiger partial charge on any atom is -0.342 e. The summed E-state index contributed by atoms with van der Waals surface area (Å²) in [6.45, 7) is 3.98. The van der Waals surface area contributed by atoms with Crippen molar-refractivity contribution in [3.8, 4) is 0 Å². The molecule has 5 aliphatic rings. The maximum Gasteiger partial charge on any atom is 0.228 e. The quantitative estimate of drug-likeness (QED) is 0.799. The van der Waals surface area contributed by atoms with E-state index in [0.29, 0.717) is 11.8 Å². The van der Waals surface area contributed by atoms with Gasteiger partial charge < -0.3 is 10.6 Å². The van der Waals surface area contributed by atoms with Crippen molar-refractivity contribution in [2.45, 2.75) is 57.9 Å². The van der Waals surface area contributed by atoms with Crippen LogP contribution < -0.4 is 5.73 Å². The first kappa shape index (κ1) is 13.1. The number of carbonyl (C=O) groups is 1. The Morgan fingerprint density at radius 3 is 2.15 bits per heavy atom. The van der Waals surface area contributed by atoms with Gasteiger partial charge >= 0.3 is 0 Å². The van der Waals surface area contributed by atoms with Gasteiger partial charge in [-0.25, -0.2) is 0 Å². The highest BCUT2D eigenvalue weighted by Gasteiger charge is 2.55. The van der Waals surface area contributed by atoms with E-state index >= 15 is 0 Å². The number of nitrogens with zero attached hydrogens (tertiary/aromatic N) is 1. The van der Waals surface area contributed by atoms with Crippen LogP contribution in [0.3, 0.4) is 0 Å². The summed E-state index contributed by atoms with van der Waals surface area (Å²) < 4.78 is 0. The average Bonchev–Trinajstić information content (AvgIpc) is 2.39. The van der Waals surface area contributed by atoms with Crippen molar-refractivity contribution in [1.82, 2.24) is 4.90 Å². The van der Waals surface area contributed by atoms with Crippen molar-refractivity contribution in [3.63, 3.8) is 0 Å². The predicted octanol–water partition coefficient (Wildman–Crippen LogP) is 2.40. The van der Waals surface area contributed by atoms with Gasteiger partial charge in [0.05, 0.1) is 5.41 Å². The summed E-state index contributed by atoms with van der Waals surface area (Å²) in [7, 11) is 0. The van der Waals surface area contributed by atoms with Crippen molar-refractivity contribution in [2.75, 3.05) is 13.1 Å². The van der Waals surface area contributed by atoms with Gasteiger partial charge in [0.25, 0.3) is 0 Å². The summed E-state index contributed by atoms with van der Waals surface area (Å²) in [5.74, 6) is 3.52. The van der Waals surface area contributed by atoms with Crippen LogP contribution in [0.5, 0.6) is 0 Å². The molecule has 4 aliphatic carbocycles. The zero-order valence-electron chi connectivity index (χ0n) is 12.7. The summed E-state index contributed by atoms with van der Waals surface area (Å²) in [6.07, 6.45) is 8.78. The number of piperidine rings is 1. The van der Waals surface area contributed by atoms with Crippen LogP contribution >= 0.6 is 0 Å². The highest BCUT2D eigenvalue weighted by molar-refractivity contribution is 5.83. The number of nitrogens with two attached hydrogens (primary N) is 1. The molecule has 5 fully saturated rings. The molecule has 1 aliphatic heterocycles. The lowest BCUT2D eigenvalue weighted by molar-refractivity contribution is -0.159. The third kappa shape index (κ3) is 1.93. The van der Waals surface area contributed by atoms with Gasteiger partial charge in [-0.2, -0.15) is 0 Å². The summed E-state index contributed by atoms with van der Waals surface area (Å²) in [4.78, 5) is 15.4. The minimum atomic E-state index is 0.0376. The molecule has 1 heterocycles. The molecule has 0 aromatic rings. The molecule has 1 saturated heterocycles. The molecule has 2 N–H and O–H groups in total. The molecule has 1 amide bonds. The lowest BCUT2D eigenvalue weighted by Gasteiger charge is -2.57. The van der Waals surface area contributed by atoms with Gasteiger partial charge in [0.2, 0.25) is 5.91 Å². The number of rotatable bonds is 1. The first-order valence-electron chi connectivity index (χ1n) is 8.61. The maximum atomic E-state index is 13.2. The molecule has 0 radical (unpaired) electrons. The summed E-state index contributed by atoms with van der Waals surface area (Å²) in [5, 5.41) is 0. The van der Waals surface area contributed by atoms with E-state index in [2.05, 4.69) is 11.8 Å². The molecule has 5 rings (SSSR count). The van der Waals surface area contributed by atoms with Crippen LogP contribution in [0.4, 0.5) is 0 Å². The Hall–Kier alpha value is -0.570. The highest BCUT2D eigenvalue weighted by Crippen LogP contribution is 2.60. The summed E-state index contributed by atoms with van der Waals surface area (Å²) in [5.41, 5.74) is 6.15. The van der Waals surface area contributed by atoms with Crippen molar-refractivity contribution < 1.29 is 4.79 Å². The Morgan fingerprint density at radius 2 is 1.65 bits per heavy atom. The minimum absolute atomic E-state index is 0.0376. The predicted molar refractivity (Wildman–Crippen MR) is 78.9 cm³/mol. The lowest BCUT2D eigenvalue weighted by atomic mass is 9.49. The summed E-state index contributed by atoms with van der Waals surface area (Å²) >= 11 is 0. The largest absolute Gasteiger partial charge is 0.342 e. The van der Waals surface area contributed by atoms with E-state index in [1.807, 2.05) is 0 Å². The SMILES string of the molecule is CC1CN(C(=O)C23CC4CC(CC(C4)C2)C3)CCC1N. The van der Waals surface area contributed by atoms with E-state index in [1.54, 1.807) is 0 Å². The molecule has 20 heavy (non-hydrogen) atoms. The van der Waals surface area contributed by atoms with Crippen molar-refractivity contribution in [3.05, 3.63) is 0 Å². The number of hydrogen-bond donors (Lipinski definition) is 1. The molecule has 4 saturated carbocycles. The van der Waals surface area contributed by atoms with E-state index in [0.717, 1.165) is 37.3 Å². The van der Waals surface area contributed by atoms with Crippen LogP contribution in [0.25, 0.3) is 0 Å². The first-order chi connectivity index (χ1) is 9.56. The monoisotopic (exact) mass is 276 g/mol. The van der Waals surface area contributed by atoms with Gasteiger partial charge in [0, 0.05) is 19.1 Å². The molecular weight excluding hydrogens is 248 g/mol. The van der Waals surface area contributed by atoms with Crippen LogP contribution in [-0.2, 0) is 4.79 Å². The number of carbonyl (C=O) groups excluding carboxylic acids is 1. The Balaban J connectivity index is 1.53. The first-order valence-corrected chi connectivity index (χ1v) is 8.61. The zero-order chi connectivity index (χ0) is 13.9.